The van der Waals surface area contributed by atoms with Crippen LogP contribution in [0.2, 0.25) is 0 Å². The normalized spacial score (nSPS) is 13.3. The molecule has 1 nitrogen and oxygen atoms in total. The van der Waals surface area contributed by atoms with Gasteiger partial charge in [0, 0.05) is 6.04 Å². The van der Waals surface area contributed by atoms with Crippen molar-refractivity contribution in [2.45, 2.75) is 91.0 Å². The van der Waals surface area contributed by atoms with E-state index in [-0.39, 0.29) is 0 Å². The molecule has 0 rings (SSSR count). The van der Waals surface area contributed by atoms with Crippen LogP contribution in [0.15, 0.2) is 12.2 Å². The van der Waals surface area contributed by atoms with Gasteiger partial charge in [0.2, 0.25) is 0 Å². The summed E-state index contributed by atoms with van der Waals surface area (Å²) in [5, 5.41) is 3.63. The highest BCUT2D eigenvalue weighted by Gasteiger charge is 1.99. The Balaban J connectivity index is 3.25. The molecule has 0 fully saturated rings. The number of nitrogens with one attached hydrogen (secondary N) is 1. The maximum Gasteiger partial charge on any atom is 0.0247 e. The molecule has 108 valence electrons. The van der Waals surface area contributed by atoms with Gasteiger partial charge in [-0.05, 0) is 25.8 Å². The van der Waals surface area contributed by atoms with Crippen molar-refractivity contribution in [1.29, 1.82) is 0 Å². The molecule has 0 saturated carbocycles. The van der Waals surface area contributed by atoms with Crippen molar-refractivity contribution in [3.05, 3.63) is 12.2 Å². The van der Waals surface area contributed by atoms with Crippen LogP contribution in [0.25, 0.3) is 0 Å². The topological polar surface area (TPSA) is 12.0 Å². The van der Waals surface area contributed by atoms with Gasteiger partial charge in [0.05, 0.1) is 0 Å². The van der Waals surface area contributed by atoms with Gasteiger partial charge in [-0.25, -0.2) is 0 Å². The standard InChI is InChI=1S/C17H35N/c1-4-7-9-10-11-12-13-14-16-18-17(6-3)15-8-5-2/h8,15,17-18H,4-7,9-14,16H2,1-3H3/b15-8+. The molecule has 0 spiro atoms. The lowest BCUT2D eigenvalue weighted by atomic mass is 10.1. The lowest BCUT2D eigenvalue weighted by molar-refractivity contribution is 0.524. The van der Waals surface area contributed by atoms with E-state index < -0.39 is 0 Å². The third-order valence-corrected chi connectivity index (χ3v) is 3.48. The molecule has 0 aliphatic heterocycles. The lowest BCUT2D eigenvalue weighted by Gasteiger charge is -2.12. The fraction of sp³-hybridized carbons (Fsp3) is 0.882. The summed E-state index contributed by atoms with van der Waals surface area (Å²) < 4.78 is 0. The summed E-state index contributed by atoms with van der Waals surface area (Å²) in [5.74, 6) is 0. The van der Waals surface area contributed by atoms with Crippen molar-refractivity contribution >= 4 is 0 Å². The Bertz CT molecular complexity index is 174. The first-order valence-electron chi connectivity index (χ1n) is 8.25. The molecular formula is C17H35N. The first-order valence-corrected chi connectivity index (χ1v) is 8.25. The maximum atomic E-state index is 3.63. The molecule has 1 unspecified atom stereocenters. The Morgan fingerprint density at radius 3 is 2.00 bits per heavy atom. The summed E-state index contributed by atoms with van der Waals surface area (Å²) in [6.45, 7) is 7.91. The predicted molar refractivity (Wildman–Crippen MR) is 84.1 cm³/mol. The van der Waals surface area contributed by atoms with E-state index in [9.17, 15) is 0 Å². The summed E-state index contributed by atoms with van der Waals surface area (Å²) in [7, 11) is 0. The average molecular weight is 253 g/mol. The second-order valence-electron chi connectivity index (χ2n) is 5.28. The highest BCUT2D eigenvalue weighted by molar-refractivity contribution is 4.91. The smallest absolute Gasteiger partial charge is 0.0247 e. The Morgan fingerprint density at radius 1 is 0.833 bits per heavy atom. The second kappa shape index (κ2) is 14.8. The van der Waals surface area contributed by atoms with Crippen LogP contribution in [0.4, 0.5) is 0 Å². The van der Waals surface area contributed by atoms with E-state index in [1.54, 1.807) is 0 Å². The van der Waals surface area contributed by atoms with E-state index in [2.05, 4.69) is 38.2 Å². The molecule has 0 radical (unpaired) electrons. The molecule has 0 saturated heterocycles. The number of allylic oxidation sites excluding steroid dienone is 1. The summed E-state index contributed by atoms with van der Waals surface area (Å²) in [6.07, 6.45) is 18.2. The van der Waals surface area contributed by atoms with Crippen LogP contribution in [0, 0.1) is 0 Å². The Kier molecular flexibility index (Phi) is 14.5. The van der Waals surface area contributed by atoms with E-state index in [4.69, 9.17) is 0 Å². The second-order valence-corrected chi connectivity index (χ2v) is 5.28. The van der Waals surface area contributed by atoms with Gasteiger partial charge >= 0.3 is 0 Å². The summed E-state index contributed by atoms with van der Waals surface area (Å²) in [5.41, 5.74) is 0. The van der Waals surface area contributed by atoms with Crippen LogP contribution in [0.3, 0.4) is 0 Å². The summed E-state index contributed by atoms with van der Waals surface area (Å²) in [6, 6.07) is 0.592. The van der Waals surface area contributed by atoms with Gasteiger partial charge in [0.15, 0.2) is 0 Å². The highest BCUT2D eigenvalue weighted by Crippen LogP contribution is 2.08. The van der Waals surface area contributed by atoms with Gasteiger partial charge in [0.1, 0.15) is 0 Å². The van der Waals surface area contributed by atoms with Gasteiger partial charge in [-0.2, -0.15) is 0 Å². The van der Waals surface area contributed by atoms with Crippen molar-refractivity contribution in [2.24, 2.45) is 0 Å². The minimum Gasteiger partial charge on any atom is -0.311 e. The van der Waals surface area contributed by atoms with E-state index in [1.165, 1.54) is 64.3 Å². The summed E-state index contributed by atoms with van der Waals surface area (Å²) >= 11 is 0. The van der Waals surface area contributed by atoms with Crippen molar-refractivity contribution in [2.75, 3.05) is 6.54 Å². The fourth-order valence-corrected chi connectivity index (χ4v) is 2.20. The van der Waals surface area contributed by atoms with Crippen molar-refractivity contribution in [1.82, 2.24) is 5.32 Å². The first kappa shape index (κ1) is 17.7. The van der Waals surface area contributed by atoms with Crippen LogP contribution in [0.1, 0.15) is 85.0 Å². The summed E-state index contributed by atoms with van der Waals surface area (Å²) in [4.78, 5) is 0. The third-order valence-electron chi connectivity index (χ3n) is 3.48. The fourth-order valence-electron chi connectivity index (χ4n) is 2.20. The van der Waals surface area contributed by atoms with E-state index in [0.717, 1.165) is 6.42 Å². The highest BCUT2D eigenvalue weighted by atomic mass is 14.9. The van der Waals surface area contributed by atoms with Crippen LogP contribution in [0.5, 0.6) is 0 Å². The molecular weight excluding hydrogens is 218 g/mol. The Morgan fingerprint density at radius 2 is 1.44 bits per heavy atom. The molecule has 0 aliphatic carbocycles. The molecule has 18 heavy (non-hydrogen) atoms. The van der Waals surface area contributed by atoms with Gasteiger partial charge in [-0.3, -0.25) is 0 Å². The molecule has 1 atom stereocenters. The number of hydrogen-bond acceptors (Lipinski definition) is 1. The largest absolute Gasteiger partial charge is 0.311 e. The molecule has 0 aliphatic rings. The van der Waals surface area contributed by atoms with Gasteiger partial charge in [-0.1, -0.05) is 77.9 Å². The molecule has 0 aromatic carbocycles. The quantitative estimate of drug-likeness (QED) is 0.339. The molecule has 0 aromatic rings. The Hall–Kier alpha value is -0.300. The molecule has 1 N–H and O–H groups in total. The SMILES string of the molecule is CC/C=C/C(CC)NCCCCCCCCCC. The van der Waals surface area contributed by atoms with Crippen molar-refractivity contribution < 1.29 is 0 Å². The number of rotatable bonds is 13. The zero-order chi connectivity index (χ0) is 13.5. The van der Waals surface area contributed by atoms with E-state index in [0.29, 0.717) is 6.04 Å². The zero-order valence-electron chi connectivity index (χ0n) is 13.0. The zero-order valence-corrected chi connectivity index (χ0v) is 13.0. The van der Waals surface area contributed by atoms with Gasteiger partial charge in [-0.15, -0.1) is 0 Å². The minimum atomic E-state index is 0.592. The van der Waals surface area contributed by atoms with Crippen LogP contribution >= 0.6 is 0 Å². The number of hydrogen-bond donors (Lipinski definition) is 1. The molecule has 0 bridgehead atoms. The minimum absolute atomic E-state index is 0.592. The third kappa shape index (κ3) is 12.2. The average Bonchev–Trinajstić information content (AvgIpc) is 2.40. The lowest BCUT2D eigenvalue weighted by Crippen LogP contribution is -2.27. The van der Waals surface area contributed by atoms with Crippen molar-refractivity contribution in [3.8, 4) is 0 Å². The molecule has 0 heterocycles. The monoisotopic (exact) mass is 253 g/mol. The van der Waals surface area contributed by atoms with Gasteiger partial charge < -0.3 is 5.32 Å². The van der Waals surface area contributed by atoms with E-state index in [1.807, 2.05) is 0 Å². The molecule has 0 amide bonds. The predicted octanol–water partition coefficient (Wildman–Crippen LogP) is 5.46. The van der Waals surface area contributed by atoms with Crippen LogP contribution < -0.4 is 5.32 Å². The molecule has 1 heteroatoms. The van der Waals surface area contributed by atoms with Gasteiger partial charge in [0.25, 0.3) is 0 Å². The maximum absolute atomic E-state index is 3.63. The van der Waals surface area contributed by atoms with Crippen molar-refractivity contribution in [3.63, 3.8) is 0 Å². The number of unbranched alkanes of at least 4 members (excludes halogenated alkanes) is 7. The Labute approximate surface area is 115 Å². The van der Waals surface area contributed by atoms with Crippen LogP contribution in [-0.4, -0.2) is 12.6 Å². The molecule has 0 aromatic heterocycles. The van der Waals surface area contributed by atoms with E-state index >= 15 is 0 Å². The first-order chi connectivity index (χ1) is 8.85. The van der Waals surface area contributed by atoms with Crippen LogP contribution in [-0.2, 0) is 0 Å².